The van der Waals surface area contributed by atoms with E-state index in [0.29, 0.717) is 55.6 Å². The molecule has 7 nitrogen and oxygen atoms in total. The van der Waals surface area contributed by atoms with Gasteiger partial charge in [0.2, 0.25) is 11.8 Å². The second-order valence-electron chi connectivity index (χ2n) is 8.11. The Morgan fingerprint density at radius 2 is 1.81 bits per heavy atom. The number of aromatic nitrogens is 1. The van der Waals surface area contributed by atoms with Crippen LogP contribution in [0.1, 0.15) is 31.4 Å². The Hall–Kier alpha value is -3.42. The predicted molar refractivity (Wildman–Crippen MR) is 118 cm³/mol. The molecule has 1 saturated heterocycles. The number of para-hydroxylation sites is 2. The number of likely N-dealkylation sites (tertiary alicyclic amines) is 1. The van der Waals surface area contributed by atoms with Crippen molar-refractivity contribution in [2.24, 2.45) is 5.92 Å². The number of oxazole rings is 1. The summed E-state index contributed by atoms with van der Waals surface area (Å²) in [6.07, 6.45) is 1.52. The fraction of sp³-hybridized carbons (Fsp3) is 0.375. The monoisotopic (exact) mass is 439 g/mol. The lowest BCUT2D eigenvalue weighted by Gasteiger charge is -2.33. The Labute approximate surface area is 184 Å². The van der Waals surface area contributed by atoms with Crippen LogP contribution in [0, 0.1) is 11.7 Å². The Morgan fingerprint density at radius 1 is 1.12 bits per heavy atom. The van der Waals surface area contributed by atoms with E-state index in [2.05, 4.69) is 5.32 Å². The smallest absolute Gasteiger partial charge is 0.408 e. The molecule has 1 aliphatic heterocycles. The number of rotatable bonds is 6. The van der Waals surface area contributed by atoms with E-state index in [1.165, 1.54) is 10.6 Å². The highest BCUT2D eigenvalue weighted by Gasteiger charge is 2.31. The van der Waals surface area contributed by atoms with Gasteiger partial charge in [-0.25, -0.2) is 9.18 Å². The van der Waals surface area contributed by atoms with E-state index in [9.17, 15) is 18.8 Å². The van der Waals surface area contributed by atoms with Crippen LogP contribution in [0.15, 0.2) is 57.7 Å². The molecule has 2 heterocycles. The van der Waals surface area contributed by atoms with Crippen LogP contribution < -0.4 is 11.1 Å². The Morgan fingerprint density at radius 3 is 2.56 bits per heavy atom. The van der Waals surface area contributed by atoms with Gasteiger partial charge in [0, 0.05) is 25.6 Å². The van der Waals surface area contributed by atoms with Crippen LogP contribution in [-0.4, -0.2) is 40.9 Å². The zero-order valence-electron chi connectivity index (χ0n) is 17.9. The summed E-state index contributed by atoms with van der Waals surface area (Å²) in [6.45, 7) is 2.94. The van der Waals surface area contributed by atoms with Crippen LogP contribution in [0.5, 0.6) is 0 Å². The molecule has 1 unspecified atom stereocenters. The normalized spacial score (nSPS) is 15.6. The summed E-state index contributed by atoms with van der Waals surface area (Å²) in [5.74, 6) is -1.26. The molecule has 8 heteroatoms. The zero-order chi connectivity index (χ0) is 22.7. The number of carbonyl (C=O) groups is 2. The van der Waals surface area contributed by atoms with Gasteiger partial charge in [-0.05, 0) is 49.9 Å². The SMILES string of the molecule is CC(C(=O)N1CCC(C(=O)NCCc2ccccc2F)CC1)n1c(=O)oc2ccccc21. The Balaban J connectivity index is 1.30. The number of hydrogen-bond acceptors (Lipinski definition) is 4. The molecule has 1 aliphatic rings. The minimum atomic E-state index is -0.697. The maximum atomic E-state index is 13.7. The molecule has 3 aromatic rings. The summed E-state index contributed by atoms with van der Waals surface area (Å²) in [6, 6.07) is 12.8. The third-order valence-corrected chi connectivity index (χ3v) is 6.09. The average molecular weight is 439 g/mol. The number of carbonyl (C=O) groups excluding carboxylic acids is 2. The van der Waals surface area contributed by atoms with Crippen LogP contribution in [0.25, 0.3) is 11.1 Å². The fourth-order valence-corrected chi connectivity index (χ4v) is 4.25. The molecule has 0 aliphatic carbocycles. The predicted octanol–water partition coefficient (Wildman–Crippen LogP) is 2.89. The third kappa shape index (κ3) is 4.44. The topological polar surface area (TPSA) is 84.5 Å². The molecule has 0 saturated carbocycles. The summed E-state index contributed by atoms with van der Waals surface area (Å²) in [5, 5.41) is 2.88. The van der Waals surface area contributed by atoms with Gasteiger partial charge in [0.1, 0.15) is 11.9 Å². The quantitative estimate of drug-likeness (QED) is 0.640. The molecule has 1 N–H and O–H groups in total. The molecule has 2 amide bonds. The summed E-state index contributed by atoms with van der Waals surface area (Å²) in [7, 11) is 0. The third-order valence-electron chi connectivity index (χ3n) is 6.09. The number of nitrogens with one attached hydrogen (secondary N) is 1. The van der Waals surface area contributed by atoms with Crippen LogP contribution in [0.2, 0.25) is 0 Å². The van der Waals surface area contributed by atoms with Crippen molar-refractivity contribution in [3.8, 4) is 0 Å². The minimum absolute atomic E-state index is 0.0708. The van der Waals surface area contributed by atoms with Crippen LogP contribution in [-0.2, 0) is 16.0 Å². The van der Waals surface area contributed by atoms with Gasteiger partial charge in [0.05, 0.1) is 5.52 Å². The van der Waals surface area contributed by atoms with Crippen molar-refractivity contribution in [2.45, 2.75) is 32.2 Å². The number of benzene rings is 2. The first kappa shape index (κ1) is 21.8. The second-order valence-corrected chi connectivity index (χ2v) is 8.11. The van der Waals surface area contributed by atoms with E-state index >= 15 is 0 Å². The molecule has 4 rings (SSSR count). The Bertz CT molecular complexity index is 1180. The molecular weight excluding hydrogens is 413 g/mol. The number of amides is 2. The van der Waals surface area contributed by atoms with E-state index in [1.54, 1.807) is 54.3 Å². The van der Waals surface area contributed by atoms with Crippen molar-refractivity contribution < 1.29 is 18.4 Å². The van der Waals surface area contributed by atoms with Gasteiger partial charge in [-0.2, -0.15) is 0 Å². The van der Waals surface area contributed by atoms with Gasteiger partial charge in [-0.3, -0.25) is 14.2 Å². The molecule has 168 valence electrons. The van der Waals surface area contributed by atoms with Crippen molar-refractivity contribution in [3.63, 3.8) is 0 Å². The maximum absolute atomic E-state index is 13.7. The van der Waals surface area contributed by atoms with E-state index in [4.69, 9.17) is 4.42 Å². The van der Waals surface area contributed by atoms with Gasteiger partial charge >= 0.3 is 5.76 Å². The summed E-state index contributed by atoms with van der Waals surface area (Å²) < 4.78 is 20.3. The van der Waals surface area contributed by atoms with Crippen molar-refractivity contribution in [2.75, 3.05) is 19.6 Å². The van der Waals surface area contributed by atoms with E-state index in [0.717, 1.165) is 0 Å². The fourth-order valence-electron chi connectivity index (χ4n) is 4.25. The minimum Gasteiger partial charge on any atom is -0.408 e. The van der Waals surface area contributed by atoms with Crippen molar-refractivity contribution in [1.82, 2.24) is 14.8 Å². The average Bonchev–Trinajstić information content (AvgIpc) is 3.15. The molecule has 1 atom stereocenters. The molecule has 0 spiro atoms. The lowest BCUT2D eigenvalue weighted by Crippen LogP contribution is -2.46. The number of hydrogen-bond donors (Lipinski definition) is 1. The summed E-state index contributed by atoms with van der Waals surface area (Å²) in [5.41, 5.74) is 1.61. The van der Waals surface area contributed by atoms with Gasteiger partial charge in [0.15, 0.2) is 5.58 Å². The first-order valence-electron chi connectivity index (χ1n) is 10.9. The molecule has 2 aromatic carbocycles. The van der Waals surface area contributed by atoms with Crippen LogP contribution in [0.4, 0.5) is 4.39 Å². The highest BCUT2D eigenvalue weighted by molar-refractivity contribution is 5.84. The molecular formula is C24H26FN3O4. The van der Waals surface area contributed by atoms with Gasteiger partial charge in [-0.1, -0.05) is 30.3 Å². The van der Waals surface area contributed by atoms with Gasteiger partial charge in [-0.15, -0.1) is 0 Å². The zero-order valence-corrected chi connectivity index (χ0v) is 17.9. The summed E-state index contributed by atoms with van der Waals surface area (Å²) in [4.78, 5) is 39.5. The van der Waals surface area contributed by atoms with Crippen molar-refractivity contribution >= 4 is 22.9 Å². The molecule has 32 heavy (non-hydrogen) atoms. The molecule has 1 aromatic heterocycles. The number of fused-ring (bicyclic) bond motifs is 1. The lowest BCUT2D eigenvalue weighted by molar-refractivity contribution is -0.138. The second kappa shape index (κ2) is 9.38. The largest absolute Gasteiger partial charge is 0.420 e. The van der Waals surface area contributed by atoms with Gasteiger partial charge < -0.3 is 14.6 Å². The highest BCUT2D eigenvalue weighted by Crippen LogP contribution is 2.22. The highest BCUT2D eigenvalue weighted by atomic mass is 19.1. The van der Waals surface area contributed by atoms with Crippen molar-refractivity contribution in [3.05, 3.63) is 70.5 Å². The Kier molecular flexibility index (Phi) is 6.39. The number of nitrogens with zero attached hydrogens (tertiary/aromatic N) is 2. The van der Waals surface area contributed by atoms with E-state index in [1.807, 2.05) is 0 Å². The standard InChI is InChI=1S/C24H26FN3O4/c1-16(28-20-8-4-5-9-21(20)32-24(28)31)23(30)27-14-11-18(12-15-27)22(29)26-13-10-17-6-2-3-7-19(17)25/h2-9,16,18H,10-15H2,1H3,(H,26,29). The van der Waals surface area contributed by atoms with Crippen LogP contribution >= 0.6 is 0 Å². The van der Waals surface area contributed by atoms with Crippen molar-refractivity contribution in [1.29, 1.82) is 0 Å². The number of piperidine rings is 1. The molecule has 0 bridgehead atoms. The lowest BCUT2D eigenvalue weighted by atomic mass is 9.95. The first-order valence-corrected chi connectivity index (χ1v) is 10.9. The number of halogens is 1. The van der Waals surface area contributed by atoms with Crippen LogP contribution in [0.3, 0.4) is 0 Å². The van der Waals surface area contributed by atoms with Gasteiger partial charge in [0.25, 0.3) is 0 Å². The molecule has 1 fully saturated rings. The molecule has 0 radical (unpaired) electrons. The first-order chi connectivity index (χ1) is 15.5. The van der Waals surface area contributed by atoms with E-state index in [-0.39, 0.29) is 23.5 Å². The summed E-state index contributed by atoms with van der Waals surface area (Å²) >= 11 is 0. The maximum Gasteiger partial charge on any atom is 0.420 e. The van der Waals surface area contributed by atoms with E-state index < -0.39 is 11.8 Å².